The van der Waals surface area contributed by atoms with Crippen LogP contribution in [0.5, 0.6) is 0 Å². The van der Waals surface area contributed by atoms with Crippen LogP contribution >= 0.6 is 11.8 Å². The van der Waals surface area contributed by atoms with Gasteiger partial charge in [0.25, 0.3) is 5.91 Å². The summed E-state index contributed by atoms with van der Waals surface area (Å²) in [4.78, 5) is 26.5. The van der Waals surface area contributed by atoms with Gasteiger partial charge in [0.1, 0.15) is 0 Å². The number of nitrogens with one attached hydrogen (secondary N) is 2. The van der Waals surface area contributed by atoms with Crippen molar-refractivity contribution in [3.05, 3.63) is 64.6 Å². The fourth-order valence-electron chi connectivity index (χ4n) is 1.54. The van der Waals surface area contributed by atoms with Crippen LogP contribution in [0, 0.1) is 0 Å². The second-order valence-electron chi connectivity index (χ2n) is 3.86. The average Bonchev–Trinajstić information content (AvgIpc) is 2.44. The molecule has 0 bridgehead atoms. The molecule has 1 heterocycles. The summed E-state index contributed by atoms with van der Waals surface area (Å²) in [5.41, 5.74) is 0.111. The smallest absolute Gasteiger partial charge is 0.251 e. The first-order valence-electron chi connectivity index (χ1n) is 5.90. The van der Waals surface area contributed by atoms with Crippen LogP contribution in [0.15, 0.2) is 58.4 Å². The van der Waals surface area contributed by atoms with E-state index in [9.17, 15) is 9.59 Å². The van der Waals surface area contributed by atoms with E-state index in [0.717, 1.165) is 5.75 Å². The third-order valence-electron chi connectivity index (χ3n) is 2.44. The Balaban J connectivity index is 1.77. The van der Waals surface area contributed by atoms with Crippen LogP contribution in [0.4, 0.5) is 0 Å². The highest BCUT2D eigenvalue weighted by atomic mass is 32.2. The van der Waals surface area contributed by atoms with E-state index in [0.29, 0.717) is 12.1 Å². The van der Waals surface area contributed by atoms with Crippen LogP contribution < -0.4 is 10.9 Å². The third kappa shape index (κ3) is 4.30. The number of hydrogen-bond donors (Lipinski definition) is 2. The number of rotatable bonds is 5. The Hall–Kier alpha value is -2.01. The van der Waals surface area contributed by atoms with E-state index >= 15 is 0 Å². The summed E-state index contributed by atoms with van der Waals surface area (Å²) in [6.07, 6.45) is 1.47. The predicted molar refractivity (Wildman–Crippen MR) is 76.6 cm³/mol. The molecular weight excluding hydrogens is 260 g/mol. The fraction of sp³-hybridized carbons (Fsp3) is 0.143. The van der Waals surface area contributed by atoms with Gasteiger partial charge in [-0.25, -0.2) is 0 Å². The van der Waals surface area contributed by atoms with Crippen LogP contribution in [-0.4, -0.2) is 23.2 Å². The molecule has 19 heavy (non-hydrogen) atoms. The molecule has 2 N–H and O–H groups in total. The van der Waals surface area contributed by atoms with Crippen molar-refractivity contribution >= 4 is 17.7 Å². The standard InChI is InChI=1S/C14H14N2O2S/c17-13-10-11(6-7-15-13)14(18)16-8-9-19-12-4-2-1-3-5-12/h1-7,10H,8-9H2,(H,15,17)(H,16,18). The topological polar surface area (TPSA) is 62.0 Å². The van der Waals surface area contributed by atoms with Gasteiger partial charge in [0.15, 0.2) is 0 Å². The first-order chi connectivity index (χ1) is 9.25. The lowest BCUT2D eigenvalue weighted by molar-refractivity contribution is 0.0956. The van der Waals surface area contributed by atoms with Crippen molar-refractivity contribution in [3.8, 4) is 0 Å². The molecular formula is C14H14N2O2S. The number of H-pyrrole nitrogens is 1. The second-order valence-corrected chi connectivity index (χ2v) is 5.03. The van der Waals surface area contributed by atoms with E-state index in [2.05, 4.69) is 10.3 Å². The maximum Gasteiger partial charge on any atom is 0.251 e. The molecule has 1 aromatic heterocycles. The van der Waals surface area contributed by atoms with E-state index in [-0.39, 0.29) is 11.5 Å². The fourth-order valence-corrected chi connectivity index (χ4v) is 2.33. The number of benzene rings is 1. The largest absolute Gasteiger partial charge is 0.351 e. The molecule has 1 amide bonds. The van der Waals surface area contributed by atoms with Gasteiger partial charge in [-0.1, -0.05) is 18.2 Å². The number of hydrogen-bond acceptors (Lipinski definition) is 3. The first kappa shape index (κ1) is 13.4. The van der Waals surface area contributed by atoms with Gasteiger partial charge >= 0.3 is 0 Å². The van der Waals surface area contributed by atoms with E-state index in [1.165, 1.54) is 17.2 Å². The van der Waals surface area contributed by atoms with Crippen molar-refractivity contribution in [2.45, 2.75) is 4.90 Å². The van der Waals surface area contributed by atoms with Crippen LogP contribution in [-0.2, 0) is 0 Å². The molecule has 2 rings (SSSR count). The minimum Gasteiger partial charge on any atom is -0.351 e. The molecule has 0 atom stereocenters. The quantitative estimate of drug-likeness (QED) is 0.646. The summed E-state index contributed by atoms with van der Waals surface area (Å²) in [6, 6.07) is 12.9. The normalized spacial score (nSPS) is 10.1. The van der Waals surface area contributed by atoms with Crippen LogP contribution in [0.25, 0.3) is 0 Å². The molecule has 0 radical (unpaired) electrons. The van der Waals surface area contributed by atoms with Gasteiger partial charge in [-0.3, -0.25) is 9.59 Å². The third-order valence-corrected chi connectivity index (χ3v) is 3.45. The molecule has 5 heteroatoms. The highest BCUT2D eigenvalue weighted by Crippen LogP contribution is 2.15. The van der Waals surface area contributed by atoms with Gasteiger partial charge in [-0.15, -0.1) is 11.8 Å². The lowest BCUT2D eigenvalue weighted by atomic mass is 10.2. The lowest BCUT2D eigenvalue weighted by Gasteiger charge is -2.04. The molecule has 0 saturated carbocycles. The number of aromatic nitrogens is 1. The zero-order valence-electron chi connectivity index (χ0n) is 10.3. The summed E-state index contributed by atoms with van der Waals surface area (Å²) in [5.74, 6) is 0.568. The van der Waals surface area contributed by atoms with Crippen molar-refractivity contribution < 1.29 is 4.79 Å². The number of pyridine rings is 1. The number of aromatic amines is 1. The summed E-state index contributed by atoms with van der Waals surface area (Å²) >= 11 is 1.68. The minimum atomic E-state index is -0.272. The van der Waals surface area contributed by atoms with Gasteiger partial charge in [0, 0.05) is 35.0 Å². The zero-order valence-corrected chi connectivity index (χ0v) is 11.1. The lowest BCUT2D eigenvalue weighted by Crippen LogP contribution is -2.26. The molecule has 0 aliphatic rings. The van der Waals surface area contributed by atoms with Gasteiger partial charge in [-0.2, -0.15) is 0 Å². The molecule has 2 aromatic rings. The van der Waals surface area contributed by atoms with Gasteiger partial charge in [0.2, 0.25) is 5.56 Å². The van der Waals surface area contributed by atoms with Crippen molar-refractivity contribution in [3.63, 3.8) is 0 Å². The van der Waals surface area contributed by atoms with Crippen LogP contribution in [0.2, 0.25) is 0 Å². The number of carbonyl (C=O) groups is 1. The molecule has 0 aliphatic heterocycles. The molecule has 98 valence electrons. The predicted octanol–water partition coefficient (Wildman–Crippen LogP) is 1.90. The molecule has 0 saturated heterocycles. The highest BCUT2D eigenvalue weighted by Gasteiger charge is 2.04. The van der Waals surface area contributed by atoms with Crippen molar-refractivity contribution in [1.82, 2.24) is 10.3 Å². The summed E-state index contributed by atoms with van der Waals surface area (Å²) in [7, 11) is 0. The number of carbonyl (C=O) groups excluding carboxylic acids is 1. The van der Waals surface area contributed by atoms with Crippen molar-refractivity contribution in [2.75, 3.05) is 12.3 Å². The zero-order chi connectivity index (χ0) is 13.5. The number of thioether (sulfide) groups is 1. The van der Waals surface area contributed by atoms with E-state index < -0.39 is 0 Å². The van der Waals surface area contributed by atoms with E-state index in [1.54, 1.807) is 17.8 Å². The Morgan fingerprint density at radius 3 is 2.74 bits per heavy atom. The van der Waals surface area contributed by atoms with Gasteiger partial charge < -0.3 is 10.3 Å². The molecule has 4 nitrogen and oxygen atoms in total. The molecule has 0 fully saturated rings. The minimum absolute atomic E-state index is 0.222. The van der Waals surface area contributed by atoms with Crippen LogP contribution in [0.3, 0.4) is 0 Å². The van der Waals surface area contributed by atoms with Crippen LogP contribution in [0.1, 0.15) is 10.4 Å². The highest BCUT2D eigenvalue weighted by molar-refractivity contribution is 7.99. The monoisotopic (exact) mass is 274 g/mol. The first-order valence-corrected chi connectivity index (χ1v) is 6.89. The molecule has 1 aromatic carbocycles. The van der Waals surface area contributed by atoms with E-state index in [1.807, 2.05) is 30.3 Å². The Morgan fingerprint density at radius 1 is 1.21 bits per heavy atom. The Kier molecular flexibility index (Phi) is 4.80. The summed E-state index contributed by atoms with van der Waals surface area (Å²) < 4.78 is 0. The van der Waals surface area contributed by atoms with Crippen molar-refractivity contribution in [2.24, 2.45) is 0 Å². The summed E-state index contributed by atoms with van der Waals surface area (Å²) in [5, 5.41) is 2.78. The Labute approximate surface area is 115 Å². The maximum absolute atomic E-state index is 11.7. The van der Waals surface area contributed by atoms with Gasteiger partial charge in [0.05, 0.1) is 0 Å². The Bertz CT molecular complexity index is 596. The summed E-state index contributed by atoms with van der Waals surface area (Å²) in [6.45, 7) is 0.561. The average molecular weight is 274 g/mol. The number of amides is 1. The SMILES string of the molecule is O=C(NCCSc1ccccc1)c1cc[nH]c(=O)c1. The molecule has 0 aliphatic carbocycles. The Morgan fingerprint density at radius 2 is 2.00 bits per heavy atom. The molecule has 0 spiro atoms. The van der Waals surface area contributed by atoms with Gasteiger partial charge in [-0.05, 0) is 18.2 Å². The van der Waals surface area contributed by atoms with Crippen molar-refractivity contribution in [1.29, 1.82) is 0 Å². The maximum atomic E-state index is 11.7. The molecule has 0 unspecified atom stereocenters. The second kappa shape index (κ2) is 6.80. The van der Waals surface area contributed by atoms with E-state index in [4.69, 9.17) is 0 Å².